The van der Waals surface area contributed by atoms with Crippen molar-refractivity contribution in [2.75, 3.05) is 5.73 Å². The highest BCUT2D eigenvalue weighted by atomic mass is 16.3. The molecule has 2 rings (SSSR count). The lowest BCUT2D eigenvalue weighted by molar-refractivity contribution is 0.474. The maximum Gasteiger partial charge on any atom is 0.116 e. The first-order chi connectivity index (χ1) is 8.56. The number of rotatable bonds is 2. The van der Waals surface area contributed by atoms with E-state index >= 15 is 0 Å². The van der Waals surface area contributed by atoms with Crippen molar-refractivity contribution >= 4 is 17.6 Å². The van der Waals surface area contributed by atoms with Crippen LogP contribution in [0.15, 0.2) is 41.4 Å². The maximum atomic E-state index is 9.38. The van der Waals surface area contributed by atoms with Crippen LogP contribution in [0.1, 0.15) is 11.1 Å². The van der Waals surface area contributed by atoms with Gasteiger partial charge in [-0.2, -0.15) is 0 Å². The van der Waals surface area contributed by atoms with Crippen LogP contribution in [0.5, 0.6) is 11.5 Å². The number of nitrogen functional groups attached to an aromatic ring is 1. The molecule has 0 fully saturated rings. The number of aromatic hydroxyl groups is 2. The molecule has 0 aliphatic rings. The second-order valence-corrected chi connectivity index (χ2v) is 4.04. The molecule has 18 heavy (non-hydrogen) atoms. The van der Waals surface area contributed by atoms with E-state index in [1.807, 2.05) is 6.92 Å². The Morgan fingerprint density at radius 1 is 1.06 bits per heavy atom. The third-order valence-corrected chi connectivity index (χ3v) is 2.59. The number of nitrogens with zero attached hydrogens (tertiary/aromatic N) is 1. The molecule has 4 nitrogen and oxygen atoms in total. The molecule has 0 aliphatic carbocycles. The first kappa shape index (κ1) is 12.0. The van der Waals surface area contributed by atoms with Gasteiger partial charge in [0.15, 0.2) is 0 Å². The van der Waals surface area contributed by atoms with Crippen LogP contribution in [-0.4, -0.2) is 16.4 Å². The van der Waals surface area contributed by atoms with E-state index in [0.29, 0.717) is 11.3 Å². The van der Waals surface area contributed by atoms with Gasteiger partial charge in [-0.05, 0) is 48.9 Å². The first-order valence-electron chi connectivity index (χ1n) is 5.48. The Balaban J connectivity index is 2.32. The predicted octanol–water partition coefficient (Wildman–Crippen LogP) is 2.74. The summed E-state index contributed by atoms with van der Waals surface area (Å²) in [6.45, 7) is 1.86. The van der Waals surface area contributed by atoms with Crippen LogP contribution < -0.4 is 5.73 Å². The Morgan fingerprint density at radius 3 is 2.44 bits per heavy atom. The largest absolute Gasteiger partial charge is 0.508 e. The quantitative estimate of drug-likeness (QED) is 0.430. The van der Waals surface area contributed by atoms with E-state index in [1.54, 1.807) is 36.5 Å². The van der Waals surface area contributed by atoms with E-state index in [4.69, 9.17) is 5.73 Å². The van der Waals surface area contributed by atoms with Gasteiger partial charge in [0, 0.05) is 17.5 Å². The minimum atomic E-state index is 0.146. The lowest BCUT2D eigenvalue weighted by Crippen LogP contribution is -1.92. The summed E-state index contributed by atoms with van der Waals surface area (Å²) < 4.78 is 0. The molecule has 4 N–H and O–H groups in total. The molecule has 0 radical (unpaired) electrons. The number of aliphatic imine (C=N–C) groups is 1. The molecular weight excluding hydrogens is 228 g/mol. The summed E-state index contributed by atoms with van der Waals surface area (Å²) in [5, 5.41) is 18.7. The van der Waals surface area contributed by atoms with Gasteiger partial charge in [0.25, 0.3) is 0 Å². The molecule has 0 atom stereocenters. The molecule has 2 aromatic carbocycles. The summed E-state index contributed by atoms with van der Waals surface area (Å²) in [6.07, 6.45) is 1.59. The number of benzene rings is 2. The number of phenolic OH excluding ortho intramolecular Hbond substituents is 2. The van der Waals surface area contributed by atoms with Crippen molar-refractivity contribution in [3.8, 4) is 11.5 Å². The summed E-state index contributed by atoms with van der Waals surface area (Å²) in [7, 11) is 0. The summed E-state index contributed by atoms with van der Waals surface area (Å²) >= 11 is 0. The van der Waals surface area contributed by atoms with Crippen molar-refractivity contribution in [2.45, 2.75) is 6.92 Å². The Labute approximate surface area is 105 Å². The molecule has 0 saturated heterocycles. The van der Waals surface area contributed by atoms with Crippen molar-refractivity contribution in [1.29, 1.82) is 0 Å². The lowest BCUT2D eigenvalue weighted by Gasteiger charge is -2.02. The topological polar surface area (TPSA) is 78.8 Å². The highest BCUT2D eigenvalue weighted by Gasteiger charge is 1.99. The second kappa shape index (κ2) is 4.79. The monoisotopic (exact) mass is 242 g/mol. The Bertz CT molecular complexity index is 607. The van der Waals surface area contributed by atoms with E-state index in [9.17, 15) is 10.2 Å². The van der Waals surface area contributed by atoms with Crippen LogP contribution in [0.3, 0.4) is 0 Å². The van der Waals surface area contributed by atoms with E-state index in [2.05, 4.69) is 4.99 Å². The molecule has 0 aromatic heterocycles. The zero-order chi connectivity index (χ0) is 13.1. The molecule has 0 aliphatic heterocycles. The summed E-state index contributed by atoms with van der Waals surface area (Å²) in [5.41, 5.74) is 8.59. The van der Waals surface area contributed by atoms with Crippen LogP contribution in [0.25, 0.3) is 0 Å². The minimum Gasteiger partial charge on any atom is -0.508 e. The normalized spacial score (nSPS) is 10.9. The number of phenols is 2. The molecule has 0 bridgehead atoms. The molecule has 2 aromatic rings. The van der Waals surface area contributed by atoms with Gasteiger partial charge >= 0.3 is 0 Å². The van der Waals surface area contributed by atoms with Gasteiger partial charge in [-0.1, -0.05) is 0 Å². The average molecular weight is 242 g/mol. The first-order valence-corrected chi connectivity index (χ1v) is 5.48. The van der Waals surface area contributed by atoms with E-state index < -0.39 is 0 Å². The number of hydrogen-bond acceptors (Lipinski definition) is 4. The van der Waals surface area contributed by atoms with Crippen LogP contribution in [-0.2, 0) is 0 Å². The maximum absolute atomic E-state index is 9.38. The van der Waals surface area contributed by atoms with Gasteiger partial charge in [0.05, 0.1) is 5.69 Å². The Kier molecular flexibility index (Phi) is 3.19. The van der Waals surface area contributed by atoms with E-state index in [-0.39, 0.29) is 11.5 Å². The van der Waals surface area contributed by atoms with Gasteiger partial charge in [0.1, 0.15) is 11.5 Å². The number of hydrogen-bond donors (Lipinski definition) is 3. The smallest absolute Gasteiger partial charge is 0.116 e. The number of nitrogens with two attached hydrogens (primary N) is 1. The van der Waals surface area contributed by atoms with Gasteiger partial charge in [0.2, 0.25) is 0 Å². The third kappa shape index (κ3) is 2.60. The molecule has 0 saturated carbocycles. The molecule has 0 spiro atoms. The van der Waals surface area contributed by atoms with Crippen LogP contribution in [0, 0.1) is 6.92 Å². The highest BCUT2D eigenvalue weighted by molar-refractivity contribution is 5.89. The van der Waals surface area contributed by atoms with Crippen molar-refractivity contribution in [3.05, 3.63) is 47.5 Å². The highest BCUT2D eigenvalue weighted by Crippen LogP contribution is 2.23. The Hall–Kier alpha value is -2.49. The standard InChI is InChI=1S/C14H14N2O2/c1-9-6-11(17)3-5-14(9)16-8-10-7-12(18)2-4-13(10)15/h2-8,17-18H,15H2,1H3. The summed E-state index contributed by atoms with van der Waals surface area (Å²) in [4.78, 5) is 4.29. The lowest BCUT2D eigenvalue weighted by atomic mass is 10.1. The van der Waals surface area contributed by atoms with Gasteiger partial charge in [-0.25, -0.2) is 0 Å². The number of anilines is 1. The van der Waals surface area contributed by atoms with E-state index in [0.717, 1.165) is 11.3 Å². The van der Waals surface area contributed by atoms with Crippen molar-refractivity contribution in [2.24, 2.45) is 4.99 Å². The van der Waals surface area contributed by atoms with Gasteiger partial charge < -0.3 is 15.9 Å². The summed E-state index contributed by atoms with van der Waals surface area (Å²) in [5.74, 6) is 0.358. The molecule has 0 heterocycles. The fourth-order valence-corrected chi connectivity index (χ4v) is 1.60. The van der Waals surface area contributed by atoms with Crippen LogP contribution >= 0.6 is 0 Å². The Morgan fingerprint density at radius 2 is 1.72 bits per heavy atom. The third-order valence-electron chi connectivity index (χ3n) is 2.59. The zero-order valence-electron chi connectivity index (χ0n) is 9.96. The summed E-state index contributed by atoms with van der Waals surface area (Å²) in [6, 6.07) is 9.64. The molecule has 0 amide bonds. The second-order valence-electron chi connectivity index (χ2n) is 4.04. The van der Waals surface area contributed by atoms with Crippen molar-refractivity contribution < 1.29 is 10.2 Å². The molecule has 92 valence electrons. The fourth-order valence-electron chi connectivity index (χ4n) is 1.60. The number of aryl methyl sites for hydroxylation is 1. The van der Waals surface area contributed by atoms with Gasteiger partial charge in [-0.3, -0.25) is 4.99 Å². The minimum absolute atomic E-state index is 0.146. The van der Waals surface area contributed by atoms with Crippen LogP contribution in [0.2, 0.25) is 0 Å². The zero-order valence-corrected chi connectivity index (χ0v) is 9.96. The SMILES string of the molecule is Cc1cc(O)ccc1N=Cc1cc(O)ccc1N. The molecular formula is C14H14N2O2. The average Bonchev–Trinajstić information content (AvgIpc) is 2.32. The van der Waals surface area contributed by atoms with Crippen molar-refractivity contribution in [3.63, 3.8) is 0 Å². The molecule has 0 unspecified atom stereocenters. The van der Waals surface area contributed by atoms with Crippen LogP contribution in [0.4, 0.5) is 11.4 Å². The fraction of sp³-hybridized carbons (Fsp3) is 0.0714. The molecule has 4 heteroatoms. The predicted molar refractivity (Wildman–Crippen MR) is 72.6 cm³/mol. The van der Waals surface area contributed by atoms with Crippen molar-refractivity contribution in [1.82, 2.24) is 0 Å². The van der Waals surface area contributed by atoms with Gasteiger partial charge in [-0.15, -0.1) is 0 Å². The van der Waals surface area contributed by atoms with E-state index in [1.165, 1.54) is 6.07 Å².